The zero-order chi connectivity index (χ0) is 16.6. The smallest absolute Gasteiger partial charge is 0.305 e. The van der Waals surface area contributed by atoms with Crippen molar-refractivity contribution in [1.29, 1.82) is 0 Å². The number of unbranched alkanes of at least 4 members (excludes halogenated alkanes) is 2. The van der Waals surface area contributed by atoms with Crippen molar-refractivity contribution >= 4 is 11.8 Å². The van der Waals surface area contributed by atoms with Crippen molar-refractivity contribution in [2.75, 3.05) is 14.2 Å². The lowest BCUT2D eigenvalue weighted by atomic mass is 10.1. The lowest BCUT2D eigenvalue weighted by Crippen LogP contribution is -2.03. The summed E-state index contributed by atoms with van der Waals surface area (Å²) in [6.07, 6.45) is 15.4. The van der Waals surface area contributed by atoms with Crippen LogP contribution < -0.4 is 0 Å². The first-order valence-electron chi connectivity index (χ1n) is 7.78. The summed E-state index contributed by atoms with van der Waals surface area (Å²) in [5.74, 6) is -0.0850. The molecular formula is C18H28O4. The van der Waals surface area contributed by atoms with Gasteiger partial charge in [0.05, 0.1) is 13.2 Å². The molecule has 0 radical (unpaired) electrons. The molecule has 0 heterocycles. The predicted molar refractivity (Wildman–Crippen MR) is 88.6 cm³/mol. The summed E-state index contributed by atoms with van der Waals surface area (Å²) in [6, 6.07) is 0. The van der Waals surface area contributed by atoms with Crippen molar-refractivity contribution in [2.24, 2.45) is 0 Å². The van der Waals surface area contributed by atoms with Crippen molar-refractivity contribution in [2.45, 2.75) is 51.6 Å². The van der Waals surface area contributed by atoms with E-state index in [-0.39, 0.29) is 17.9 Å². The Morgan fingerprint density at radius 1 is 0.955 bits per heavy atom. The van der Waals surface area contributed by atoms with Crippen LogP contribution in [-0.4, -0.2) is 32.1 Å². The van der Waals surface area contributed by atoms with E-state index in [0.717, 1.165) is 25.7 Å². The fourth-order valence-electron chi connectivity index (χ4n) is 1.79. The summed E-state index contributed by atoms with van der Waals surface area (Å²) >= 11 is 0. The number of esters is 1. The Morgan fingerprint density at radius 3 is 2.27 bits per heavy atom. The first-order chi connectivity index (χ1) is 10.6. The molecule has 0 aromatic carbocycles. The predicted octanol–water partition coefficient (Wildman–Crippen LogP) is 3.77. The molecule has 0 spiro atoms. The van der Waals surface area contributed by atoms with Crippen molar-refractivity contribution < 1.29 is 19.1 Å². The van der Waals surface area contributed by atoms with Gasteiger partial charge in [0.15, 0.2) is 5.78 Å². The molecule has 0 amide bonds. The molecule has 0 aromatic heterocycles. The zero-order valence-electron chi connectivity index (χ0n) is 13.9. The topological polar surface area (TPSA) is 52.6 Å². The van der Waals surface area contributed by atoms with Crippen LogP contribution in [-0.2, 0) is 19.1 Å². The monoisotopic (exact) mass is 308 g/mol. The largest absolute Gasteiger partial charge is 0.469 e. The third kappa shape index (κ3) is 12.1. The van der Waals surface area contributed by atoms with Gasteiger partial charge in [0.2, 0.25) is 0 Å². The molecule has 1 atom stereocenters. The Bertz CT molecular complexity index is 390. The molecule has 0 N–H and O–H groups in total. The molecule has 0 saturated carbocycles. The summed E-state index contributed by atoms with van der Waals surface area (Å²) < 4.78 is 9.76. The number of carbonyl (C=O) groups excluding carboxylic acids is 2. The minimum Gasteiger partial charge on any atom is -0.469 e. The molecule has 0 aliphatic carbocycles. The van der Waals surface area contributed by atoms with Gasteiger partial charge in [0, 0.05) is 20.0 Å². The molecule has 22 heavy (non-hydrogen) atoms. The summed E-state index contributed by atoms with van der Waals surface area (Å²) in [5.41, 5.74) is 0. The maximum atomic E-state index is 11.6. The van der Waals surface area contributed by atoms with E-state index in [4.69, 9.17) is 4.74 Å². The molecule has 0 saturated heterocycles. The number of methoxy groups -OCH3 is 2. The number of rotatable bonds is 12. The molecule has 0 rings (SSSR count). The van der Waals surface area contributed by atoms with Crippen LogP contribution in [0.1, 0.15) is 45.4 Å². The summed E-state index contributed by atoms with van der Waals surface area (Å²) in [6.45, 7) is 2.06. The van der Waals surface area contributed by atoms with E-state index in [1.165, 1.54) is 7.11 Å². The molecule has 124 valence electrons. The van der Waals surface area contributed by atoms with E-state index in [9.17, 15) is 9.59 Å². The van der Waals surface area contributed by atoms with Crippen molar-refractivity contribution in [3.63, 3.8) is 0 Å². The quantitative estimate of drug-likeness (QED) is 0.238. The average Bonchev–Trinajstić information content (AvgIpc) is 2.53. The highest BCUT2D eigenvalue weighted by atomic mass is 16.5. The van der Waals surface area contributed by atoms with Gasteiger partial charge in [-0.05, 0) is 25.3 Å². The molecule has 0 aromatic rings. The Hall–Kier alpha value is -1.68. The van der Waals surface area contributed by atoms with Crippen LogP contribution >= 0.6 is 0 Å². The minimum atomic E-state index is -0.191. The van der Waals surface area contributed by atoms with Gasteiger partial charge in [-0.25, -0.2) is 0 Å². The second kappa shape index (κ2) is 14.3. The molecule has 4 heteroatoms. The molecule has 0 bridgehead atoms. The normalized spacial score (nSPS) is 13.2. The van der Waals surface area contributed by atoms with Crippen molar-refractivity contribution in [1.82, 2.24) is 0 Å². The Kier molecular flexibility index (Phi) is 13.2. The van der Waals surface area contributed by atoms with Crippen molar-refractivity contribution in [3.05, 3.63) is 36.5 Å². The SMILES string of the molecule is CCC(C=CC=CC=CC(=O)CCCCCC(=O)OC)OC. The van der Waals surface area contributed by atoms with Crippen LogP contribution in [0, 0.1) is 0 Å². The van der Waals surface area contributed by atoms with Gasteiger partial charge in [-0.15, -0.1) is 0 Å². The molecule has 1 unspecified atom stereocenters. The maximum absolute atomic E-state index is 11.6. The van der Waals surface area contributed by atoms with E-state index in [0.29, 0.717) is 12.8 Å². The second-order valence-corrected chi connectivity index (χ2v) is 4.91. The number of allylic oxidation sites excluding steroid dienone is 5. The fraction of sp³-hybridized carbons (Fsp3) is 0.556. The van der Waals surface area contributed by atoms with Crippen LogP contribution in [0.5, 0.6) is 0 Å². The van der Waals surface area contributed by atoms with Crippen LogP contribution in [0.25, 0.3) is 0 Å². The average molecular weight is 308 g/mol. The van der Waals surface area contributed by atoms with E-state index in [1.54, 1.807) is 19.3 Å². The first kappa shape index (κ1) is 20.3. The standard InChI is InChI=1S/C18H28O4/c1-4-17(21-2)14-10-6-5-8-12-16(19)13-9-7-11-15-18(20)22-3/h5-6,8,10,12,14,17H,4,7,9,11,13,15H2,1-3H3. The van der Waals surface area contributed by atoms with Gasteiger partial charge in [0.25, 0.3) is 0 Å². The highest BCUT2D eigenvalue weighted by Gasteiger charge is 2.00. The van der Waals surface area contributed by atoms with Gasteiger partial charge in [-0.3, -0.25) is 9.59 Å². The highest BCUT2D eigenvalue weighted by molar-refractivity contribution is 5.89. The Balaban J connectivity index is 3.76. The van der Waals surface area contributed by atoms with E-state index >= 15 is 0 Å². The minimum absolute atomic E-state index is 0.107. The number of hydrogen-bond donors (Lipinski definition) is 0. The fourth-order valence-corrected chi connectivity index (χ4v) is 1.79. The molecule has 4 nitrogen and oxygen atoms in total. The van der Waals surface area contributed by atoms with E-state index in [1.807, 2.05) is 24.3 Å². The molecule has 0 aliphatic heterocycles. The second-order valence-electron chi connectivity index (χ2n) is 4.91. The summed E-state index contributed by atoms with van der Waals surface area (Å²) in [5, 5.41) is 0. The van der Waals surface area contributed by atoms with Crippen LogP contribution in [0.15, 0.2) is 36.5 Å². The van der Waals surface area contributed by atoms with Gasteiger partial charge in [0.1, 0.15) is 0 Å². The van der Waals surface area contributed by atoms with E-state index < -0.39 is 0 Å². The number of carbonyl (C=O) groups is 2. The van der Waals surface area contributed by atoms with Crippen LogP contribution in [0.2, 0.25) is 0 Å². The number of ether oxygens (including phenoxy) is 2. The molecule has 0 aliphatic rings. The van der Waals surface area contributed by atoms with E-state index in [2.05, 4.69) is 11.7 Å². The van der Waals surface area contributed by atoms with Gasteiger partial charge in [-0.1, -0.05) is 43.7 Å². The van der Waals surface area contributed by atoms with Crippen LogP contribution in [0.4, 0.5) is 0 Å². The number of hydrogen-bond acceptors (Lipinski definition) is 4. The Morgan fingerprint density at radius 2 is 1.64 bits per heavy atom. The van der Waals surface area contributed by atoms with Gasteiger partial charge >= 0.3 is 5.97 Å². The van der Waals surface area contributed by atoms with Crippen molar-refractivity contribution in [3.8, 4) is 0 Å². The third-order valence-electron chi connectivity index (χ3n) is 3.18. The van der Waals surface area contributed by atoms with Gasteiger partial charge in [-0.2, -0.15) is 0 Å². The highest BCUT2D eigenvalue weighted by Crippen LogP contribution is 2.05. The zero-order valence-corrected chi connectivity index (χ0v) is 13.9. The Labute approximate surface area is 133 Å². The summed E-state index contributed by atoms with van der Waals surface area (Å²) in [4.78, 5) is 22.5. The molecule has 0 fully saturated rings. The third-order valence-corrected chi connectivity index (χ3v) is 3.18. The summed E-state index contributed by atoms with van der Waals surface area (Å²) in [7, 11) is 3.07. The lowest BCUT2D eigenvalue weighted by Gasteiger charge is -2.04. The number of ketones is 1. The first-order valence-corrected chi connectivity index (χ1v) is 7.78. The lowest BCUT2D eigenvalue weighted by molar-refractivity contribution is -0.140. The van der Waals surface area contributed by atoms with Crippen LogP contribution in [0.3, 0.4) is 0 Å². The molecular weight excluding hydrogens is 280 g/mol. The maximum Gasteiger partial charge on any atom is 0.305 e. The van der Waals surface area contributed by atoms with Gasteiger partial charge < -0.3 is 9.47 Å².